The number of fused-ring (bicyclic) bond motifs is 1. The first-order chi connectivity index (χ1) is 14.0. The van der Waals surface area contributed by atoms with Crippen molar-refractivity contribution < 1.29 is 29.8 Å². The summed E-state index contributed by atoms with van der Waals surface area (Å²) in [6, 6.07) is 17.0. The third kappa shape index (κ3) is 4.60. The van der Waals surface area contributed by atoms with Crippen LogP contribution in [0.3, 0.4) is 0 Å². The number of hydrogen-bond donors (Lipinski definition) is 4. The van der Waals surface area contributed by atoms with Gasteiger partial charge in [0.15, 0.2) is 11.3 Å². The van der Waals surface area contributed by atoms with E-state index in [1.807, 2.05) is 30.3 Å². The Labute approximate surface area is 167 Å². The molecule has 1 heterocycles. The fraction of sp³-hybridized carbons (Fsp3) is 0.273. The van der Waals surface area contributed by atoms with Crippen LogP contribution >= 0.6 is 0 Å². The van der Waals surface area contributed by atoms with Gasteiger partial charge in [0, 0.05) is 10.9 Å². The van der Waals surface area contributed by atoms with Crippen LogP contribution < -0.4 is 10.9 Å². The lowest BCUT2D eigenvalue weighted by Crippen LogP contribution is -3.01. The van der Waals surface area contributed by atoms with Crippen LogP contribution in [0.25, 0.3) is 11.0 Å². The largest absolute Gasteiger partial charge is 0.422 e. The van der Waals surface area contributed by atoms with Gasteiger partial charge in [0.05, 0.1) is 6.42 Å². The predicted molar refractivity (Wildman–Crippen MR) is 107 cm³/mol. The number of ketones is 1. The van der Waals surface area contributed by atoms with Crippen molar-refractivity contribution in [2.45, 2.75) is 18.0 Å². The molecule has 3 aromatic rings. The zero-order valence-electron chi connectivity index (χ0n) is 15.8. The Morgan fingerprint density at radius 3 is 2.24 bits per heavy atom. The van der Waals surface area contributed by atoms with Gasteiger partial charge < -0.3 is 25.1 Å². The second-order valence-corrected chi connectivity index (χ2v) is 7.13. The van der Waals surface area contributed by atoms with Gasteiger partial charge in [-0.25, -0.2) is 4.79 Å². The topological polar surface area (TPSA) is 125 Å². The maximum absolute atomic E-state index is 13.0. The summed E-state index contributed by atoms with van der Waals surface area (Å²) in [6.45, 7) is -1.43. The number of quaternary nitrogens is 1. The van der Waals surface area contributed by atoms with Crippen molar-refractivity contribution >= 4 is 16.8 Å². The smallest absolute Gasteiger partial charge is 0.347 e. The van der Waals surface area contributed by atoms with Gasteiger partial charge in [-0.15, -0.1) is 0 Å². The molecule has 3 rings (SSSR count). The highest BCUT2D eigenvalue weighted by molar-refractivity contribution is 5.98. The van der Waals surface area contributed by atoms with Crippen molar-refractivity contribution in [2.24, 2.45) is 0 Å². The maximum Gasteiger partial charge on any atom is 0.347 e. The molecule has 0 radical (unpaired) electrons. The molecule has 0 bridgehead atoms. The number of nitrogens with two attached hydrogens (primary N) is 1. The molecule has 1 aromatic heterocycles. The van der Waals surface area contributed by atoms with Crippen LogP contribution in [0, 0.1) is 0 Å². The van der Waals surface area contributed by atoms with Gasteiger partial charge in [-0.3, -0.25) is 4.79 Å². The molecule has 7 nitrogen and oxygen atoms in total. The average Bonchev–Trinajstić information content (AvgIpc) is 2.77. The highest BCUT2D eigenvalue weighted by Gasteiger charge is 2.37. The first kappa shape index (κ1) is 20.9. The van der Waals surface area contributed by atoms with Gasteiger partial charge in [-0.2, -0.15) is 0 Å². The van der Waals surface area contributed by atoms with Gasteiger partial charge in [0.25, 0.3) is 0 Å². The summed E-state index contributed by atoms with van der Waals surface area (Å²) in [5, 5.41) is 31.3. The van der Waals surface area contributed by atoms with Gasteiger partial charge in [0.2, 0.25) is 0 Å². The summed E-state index contributed by atoms with van der Waals surface area (Å²) < 4.78 is 5.26. The molecule has 7 heteroatoms. The van der Waals surface area contributed by atoms with E-state index in [4.69, 9.17) is 4.42 Å². The Kier molecular flexibility index (Phi) is 6.56. The van der Waals surface area contributed by atoms with Crippen LogP contribution in [0.4, 0.5) is 0 Å². The molecule has 0 saturated heterocycles. The van der Waals surface area contributed by atoms with Crippen LogP contribution in [0.2, 0.25) is 0 Å². The second-order valence-electron chi connectivity index (χ2n) is 7.13. The van der Waals surface area contributed by atoms with Crippen molar-refractivity contribution in [1.29, 1.82) is 0 Å². The maximum atomic E-state index is 13.0. The molecule has 29 heavy (non-hydrogen) atoms. The molecule has 152 valence electrons. The Morgan fingerprint density at radius 1 is 0.966 bits per heavy atom. The number of carbonyl (C=O) groups is 1. The second kappa shape index (κ2) is 9.11. The molecule has 0 aliphatic carbocycles. The minimum atomic E-state index is -1.26. The summed E-state index contributed by atoms with van der Waals surface area (Å²) in [5.74, 6) is -0.419. The van der Waals surface area contributed by atoms with E-state index in [0.717, 1.165) is 5.56 Å². The molecule has 0 spiro atoms. The van der Waals surface area contributed by atoms with Crippen LogP contribution in [0.5, 0.6) is 0 Å². The highest BCUT2D eigenvalue weighted by atomic mass is 16.4. The molecule has 0 fully saturated rings. The van der Waals surface area contributed by atoms with Crippen LogP contribution in [-0.4, -0.2) is 46.5 Å². The molecule has 0 aliphatic heterocycles. The van der Waals surface area contributed by atoms with Crippen LogP contribution in [0.15, 0.2) is 69.9 Å². The lowest BCUT2D eigenvalue weighted by molar-refractivity contribution is -0.767. The Bertz CT molecular complexity index is 1020. The van der Waals surface area contributed by atoms with Crippen LogP contribution in [-0.2, 0) is 0 Å². The molecule has 5 N–H and O–H groups in total. The summed E-state index contributed by atoms with van der Waals surface area (Å²) in [6.07, 6.45) is -0.0745. The summed E-state index contributed by atoms with van der Waals surface area (Å²) in [5.41, 5.74) is -0.848. The van der Waals surface area contributed by atoms with Crippen molar-refractivity contribution in [3.05, 3.63) is 82.2 Å². The summed E-state index contributed by atoms with van der Waals surface area (Å²) >= 11 is 0. The summed E-state index contributed by atoms with van der Waals surface area (Å²) in [7, 11) is 0. The number of aliphatic hydroxyl groups is 3. The van der Waals surface area contributed by atoms with Crippen molar-refractivity contribution in [2.75, 3.05) is 19.8 Å². The zero-order valence-corrected chi connectivity index (χ0v) is 15.8. The van der Waals surface area contributed by atoms with Crippen molar-refractivity contribution in [3.8, 4) is 0 Å². The first-order valence-electron chi connectivity index (χ1n) is 9.31. The zero-order chi connectivity index (χ0) is 20.9. The van der Waals surface area contributed by atoms with E-state index in [-0.39, 0.29) is 12.0 Å². The Morgan fingerprint density at radius 2 is 1.59 bits per heavy atom. The molecule has 0 aliphatic rings. The molecule has 0 amide bonds. The first-order valence-corrected chi connectivity index (χ1v) is 9.31. The van der Waals surface area contributed by atoms with Crippen LogP contribution in [0.1, 0.15) is 28.4 Å². The molecule has 1 atom stereocenters. The van der Waals surface area contributed by atoms with E-state index in [1.165, 1.54) is 6.07 Å². The van der Waals surface area contributed by atoms with Gasteiger partial charge in [-0.1, -0.05) is 48.5 Å². The minimum absolute atomic E-state index is 0.0550. The number of Topliss-reactive ketones (excluding diaryl/α,β-unsaturated/α-hetero) is 1. The third-order valence-corrected chi connectivity index (χ3v) is 5.07. The third-order valence-electron chi connectivity index (χ3n) is 5.07. The number of hydrogen-bond acceptors (Lipinski definition) is 6. The number of rotatable bonds is 9. The molecular weight excluding hydrogens is 374 g/mol. The fourth-order valence-corrected chi connectivity index (χ4v) is 3.27. The van der Waals surface area contributed by atoms with Crippen molar-refractivity contribution in [1.82, 2.24) is 0 Å². The van der Waals surface area contributed by atoms with E-state index in [2.05, 4.69) is 0 Å². The molecule has 2 aromatic carbocycles. The minimum Gasteiger partial charge on any atom is -0.422 e. The number of aliphatic hydroxyl groups excluding tert-OH is 3. The Hall–Kier alpha value is -2.84. The van der Waals surface area contributed by atoms with Crippen molar-refractivity contribution in [3.63, 3.8) is 0 Å². The predicted octanol–water partition coefficient (Wildman–Crippen LogP) is 0.386. The quantitative estimate of drug-likeness (QED) is 0.305. The highest BCUT2D eigenvalue weighted by Crippen LogP contribution is 2.19. The van der Waals surface area contributed by atoms with E-state index >= 15 is 0 Å². The SMILES string of the molecule is O=C(C[C@H]([NH2+]C(CO)(CO)CO)c1ccccc1)c1cc2ccccc2oc1=O. The number of carbonyl (C=O) groups excluding carboxylic acids is 1. The molecular formula is C22H24NO6+. The van der Waals surface area contributed by atoms with E-state index in [1.54, 1.807) is 29.6 Å². The Balaban J connectivity index is 1.94. The average molecular weight is 398 g/mol. The number of benzene rings is 2. The normalized spacial score (nSPS) is 12.8. The summed E-state index contributed by atoms with van der Waals surface area (Å²) in [4.78, 5) is 25.3. The standard InChI is InChI=1S/C22H23NO6/c24-12-22(13-25,14-26)23-18(15-6-2-1-3-7-15)11-19(27)17-10-16-8-4-5-9-20(16)29-21(17)28/h1-10,18,23-26H,11-14H2/p+1/t18-/m0/s1. The van der Waals surface area contributed by atoms with Gasteiger partial charge in [-0.05, 0) is 12.1 Å². The molecule has 0 saturated carbocycles. The van der Waals surface area contributed by atoms with E-state index in [9.17, 15) is 24.9 Å². The number of para-hydroxylation sites is 1. The molecule has 0 unspecified atom stereocenters. The van der Waals surface area contributed by atoms with Gasteiger partial charge in [0.1, 0.15) is 37.0 Å². The monoisotopic (exact) mass is 398 g/mol. The lowest BCUT2D eigenvalue weighted by Gasteiger charge is -2.30. The fourth-order valence-electron chi connectivity index (χ4n) is 3.27. The van der Waals surface area contributed by atoms with E-state index in [0.29, 0.717) is 11.0 Å². The van der Waals surface area contributed by atoms with E-state index < -0.39 is 42.8 Å². The lowest BCUT2D eigenvalue weighted by atomic mass is 9.94. The van der Waals surface area contributed by atoms with Gasteiger partial charge >= 0.3 is 5.63 Å².